The van der Waals surface area contributed by atoms with E-state index in [2.05, 4.69) is 4.98 Å². The molecule has 0 aromatic carbocycles. The topological polar surface area (TPSA) is 106 Å². The van der Waals surface area contributed by atoms with Crippen molar-refractivity contribution in [1.29, 1.82) is 0 Å². The van der Waals surface area contributed by atoms with Crippen LogP contribution in [0.4, 0.5) is 0 Å². The number of aromatic nitrogens is 1. The SMILES string of the molecule is CCOC(C)OCC.O=C(O)c1cccnc1C(=O)O. The molecule has 0 aliphatic carbocycles. The van der Waals surface area contributed by atoms with Crippen molar-refractivity contribution < 1.29 is 29.3 Å². The number of carboxylic acid groups (broad SMARTS) is 2. The van der Waals surface area contributed by atoms with Gasteiger partial charge in [-0.2, -0.15) is 0 Å². The van der Waals surface area contributed by atoms with Gasteiger partial charge in [-0.1, -0.05) is 0 Å². The third-order valence-corrected chi connectivity index (χ3v) is 2.04. The molecule has 0 saturated carbocycles. The molecule has 0 unspecified atom stereocenters. The van der Waals surface area contributed by atoms with E-state index in [9.17, 15) is 9.59 Å². The van der Waals surface area contributed by atoms with E-state index in [1.807, 2.05) is 20.8 Å². The van der Waals surface area contributed by atoms with Crippen LogP contribution in [0.15, 0.2) is 18.3 Å². The molecular formula is C13H19NO6. The molecule has 1 heterocycles. The van der Waals surface area contributed by atoms with Gasteiger partial charge in [-0.25, -0.2) is 14.6 Å². The maximum absolute atomic E-state index is 10.4. The van der Waals surface area contributed by atoms with Gasteiger partial charge in [0.25, 0.3) is 0 Å². The standard InChI is InChI=1S/C7H5NO4.C6H14O2/c9-6(10)4-2-1-3-8-5(4)7(11)12;1-4-7-6(3)8-5-2/h1-3H,(H,9,10)(H,11,12);6H,4-5H2,1-3H3. The molecule has 20 heavy (non-hydrogen) atoms. The highest BCUT2D eigenvalue weighted by Gasteiger charge is 2.15. The summed E-state index contributed by atoms with van der Waals surface area (Å²) in [5.41, 5.74) is -0.741. The van der Waals surface area contributed by atoms with E-state index in [4.69, 9.17) is 19.7 Å². The molecule has 0 aliphatic heterocycles. The second kappa shape index (κ2) is 9.88. The number of ether oxygens (including phenoxy) is 2. The maximum atomic E-state index is 10.4. The van der Waals surface area contributed by atoms with Crippen molar-refractivity contribution in [2.24, 2.45) is 0 Å². The molecule has 1 aromatic rings. The second-order valence-electron chi connectivity index (χ2n) is 3.49. The molecular weight excluding hydrogens is 266 g/mol. The van der Waals surface area contributed by atoms with Gasteiger partial charge < -0.3 is 19.7 Å². The van der Waals surface area contributed by atoms with Crippen molar-refractivity contribution in [3.05, 3.63) is 29.6 Å². The normalized spacial score (nSPS) is 9.80. The fraction of sp³-hybridized carbons (Fsp3) is 0.462. The summed E-state index contributed by atoms with van der Waals surface area (Å²) < 4.78 is 10.1. The van der Waals surface area contributed by atoms with E-state index in [0.717, 1.165) is 13.2 Å². The first-order valence-corrected chi connectivity index (χ1v) is 6.08. The van der Waals surface area contributed by atoms with Crippen LogP contribution in [0, 0.1) is 0 Å². The van der Waals surface area contributed by atoms with Gasteiger partial charge >= 0.3 is 11.9 Å². The van der Waals surface area contributed by atoms with Crippen LogP contribution in [0.25, 0.3) is 0 Å². The lowest BCUT2D eigenvalue weighted by molar-refractivity contribution is -0.123. The number of hydrogen-bond donors (Lipinski definition) is 2. The molecule has 0 radical (unpaired) electrons. The van der Waals surface area contributed by atoms with Crippen molar-refractivity contribution in [2.45, 2.75) is 27.1 Å². The van der Waals surface area contributed by atoms with Crippen LogP contribution < -0.4 is 0 Å². The van der Waals surface area contributed by atoms with Crippen LogP contribution in [0.2, 0.25) is 0 Å². The van der Waals surface area contributed by atoms with E-state index < -0.39 is 17.6 Å². The summed E-state index contributed by atoms with van der Waals surface area (Å²) in [4.78, 5) is 24.2. The molecule has 0 aliphatic rings. The first-order chi connectivity index (χ1) is 9.43. The van der Waals surface area contributed by atoms with Crippen LogP contribution in [-0.2, 0) is 9.47 Å². The fourth-order valence-electron chi connectivity index (χ4n) is 1.27. The number of carboxylic acids is 2. The molecule has 0 fully saturated rings. The lowest BCUT2D eigenvalue weighted by Gasteiger charge is -2.09. The van der Waals surface area contributed by atoms with Crippen LogP contribution in [0.1, 0.15) is 41.6 Å². The third-order valence-electron chi connectivity index (χ3n) is 2.04. The number of pyridine rings is 1. The monoisotopic (exact) mass is 285 g/mol. The quantitative estimate of drug-likeness (QED) is 0.768. The van der Waals surface area contributed by atoms with E-state index in [1.165, 1.54) is 18.3 Å². The second-order valence-corrected chi connectivity index (χ2v) is 3.49. The van der Waals surface area contributed by atoms with Gasteiger partial charge in [-0.05, 0) is 32.9 Å². The van der Waals surface area contributed by atoms with E-state index in [-0.39, 0.29) is 11.9 Å². The Labute approximate surface area is 117 Å². The molecule has 7 heteroatoms. The van der Waals surface area contributed by atoms with Gasteiger partial charge in [0.15, 0.2) is 12.0 Å². The molecule has 0 atom stereocenters. The number of carbonyl (C=O) groups is 2. The summed E-state index contributed by atoms with van der Waals surface area (Å²) >= 11 is 0. The lowest BCUT2D eigenvalue weighted by Crippen LogP contribution is -2.11. The summed E-state index contributed by atoms with van der Waals surface area (Å²) in [5.74, 6) is -2.63. The smallest absolute Gasteiger partial charge is 0.355 e. The Bertz CT molecular complexity index is 396. The van der Waals surface area contributed by atoms with E-state index >= 15 is 0 Å². The minimum Gasteiger partial charge on any atom is -0.478 e. The highest BCUT2D eigenvalue weighted by Crippen LogP contribution is 2.04. The Kier molecular flexibility index (Phi) is 8.89. The molecule has 0 bridgehead atoms. The first-order valence-electron chi connectivity index (χ1n) is 6.08. The van der Waals surface area contributed by atoms with Crippen molar-refractivity contribution in [3.8, 4) is 0 Å². The van der Waals surface area contributed by atoms with Crippen molar-refractivity contribution in [2.75, 3.05) is 13.2 Å². The van der Waals surface area contributed by atoms with Gasteiger partial charge in [0.1, 0.15) is 0 Å². The Morgan fingerprint density at radius 1 is 1.20 bits per heavy atom. The fourth-order valence-corrected chi connectivity index (χ4v) is 1.27. The molecule has 0 saturated heterocycles. The number of rotatable bonds is 6. The zero-order chi connectivity index (χ0) is 15.5. The Balaban J connectivity index is 0.000000396. The summed E-state index contributed by atoms with van der Waals surface area (Å²) in [6.07, 6.45) is 1.19. The largest absolute Gasteiger partial charge is 0.478 e. The predicted octanol–water partition coefficient (Wildman–Crippen LogP) is 1.88. The van der Waals surface area contributed by atoms with Gasteiger partial charge in [-0.3, -0.25) is 0 Å². The summed E-state index contributed by atoms with van der Waals surface area (Å²) in [6.45, 7) is 7.25. The van der Waals surface area contributed by atoms with Crippen LogP contribution in [0.3, 0.4) is 0 Å². The van der Waals surface area contributed by atoms with Crippen molar-refractivity contribution >= 4 is 11.9 Å². The average Bonchev–Trinajstić information content (AvgIpc) is 2.40. The Hall–Kier alpha value is -1.99. The zero-order valence-electron chi connectivity index (χ0n) is 11.7. The Morgan fingerprint density at radius 2 is 1.75 bits per heavy atom. The van der Waals surface area contributed by atoms with E-state index in [1.54, 1.807) is 0 Å². The van der Waals surface area contributed by atoms with Crippen LogP contribution in [0.5, 0.6) is 0 Å². The minimum absolute atomic E-state index is 0.0370. The summed E-state index contributed by atoms with van der Waals surface area (Å²) in [6, 6.07) is 2.56. The van der Waals surface area contributed by atoms with Crippen molar-refractivity contribution in [3.63, 3.8) is 0 Å². The van der Waals surface area contributed by atoms with Crippen LogP contribution in [-0.4, -0.2) is 46.6 Å². The maximum Gasteiger partial charge on any atom is 0.355 e. The van der Waals surface area contributed by atoms with Gasteiger partial charge in [-0.15, -0.1) is 0 Å². The average molecular weight is 285 g/mol. The minimum atomic E-state index is -1.34. The number of aromatic carboxylic acids is 2. The Morgan fingerprint density at radius 3 is 2.10 bits per heavy atom. The number of hydrogen-bond acceptors (Lipinski definition) is 5. The molecule has 2 N–H and O–H groups in total. The van der Waals surface area contributed by atoms with Gasteiger partial charge in [0, 0.05) is 19.4 Å². The predicted molar refractivity (Wildman–Crippen MR) is 70.9 cm³/mol. The van der Waals surface area contributed by atoms with Crippen LogP contribution >= 0.6 is 0 Å². The number of nitrogens with zero attached hydrogens (tertiary/aromatic N) is 1. The molecule has 1 aromatic heterocycles. The lowest BCUT2D eigenvalue weighted by atomic mass is 10.2. The highest BCUT2D eigenvalue weighted by atomic mass is 16.7. The van der Waals surface area contributed by atoms with Gasteiger partial charge in [0.05, 0.1) is 5.56 Å². The highest BCUT2D eigenvalue weighted by molar-refractivity contribution is 5.99. The molecule has 112 valence electrons. The molecule has 1 rings (SSSR count). The molecule has 0 spiro atoms. The molecule has 0 amide bonds. The zero-order valence-corrected chi connectivity index (χ0v) is 11.7. The summed E-state index contributed by atoms with van der Waals surface area (Å²) in [7, 11) is 0. The van der Waals surface area contributed by atoms with E-state index in [0.29, 0.717) is 0 Å². The molecule has 7 nitrogen and oxygen atoms in total. The van der Waals surface area contributed by atoms with Gasteiger partial charge in [0.2, 0.25) is 0 Å². The first kappa shape index (κ1) is 18.0. The van der Waals surface area contributed by atoms with Crippen molar-refractivity contribution in [1.82, 2.24) is 4.98 Å². The third kappa shape index (κ3) is 6.81. The summed E-state index contributed by atoms with van der Waals surface area (Å²) in [5, 5.41) is 17.0.